The Morgan fingerprint density at radius 2 is 1.82 bits per heavy atom. The zero-order valence-electron chi connectivity index (χ0n) is 12.3. The van der Waals surface area contributed by atoms with E-state index >= 15 is 0 Å². The predicted octanol–water partition coefficient (Wildman–Crippen LogP) is 4.64. The fourth-order valence-corrected chi connectivity index (χ4v) is 2.95. The maximum Gasteiger partial charge on any atom is 0.416 e. The molecule has 1 aliphatic rings. The van der Waals surface area contributed by atoms with Crippen molar-refractivity contribution in [3.63, 3.8) is 0 Å². The maximum absolute atomic E-state index is 12.9. The normalized spacial score (nSPS) is 22.7. The van der Waals surface area contributed by atoms with Crippen LogP contribution in [0, 0.1) is 5.92 Å². The van der Waals surface area contributed by atoms with E-state index in [1.807, 2.05) is 0 Å². The number of rotatable bonds is 2. The lowest BCUT2D eigenvalue weighted by molar-refractivity contribution is -0.137. The van der Waals surface area contributed by atoms with Crippen molar-refractivity contribution in [3.05, 3.63) is 30.1 Å². The van der Waals surface area contributed by atoms with E-state index in [1.165, 1.54) is 12.4 Å². The third-order valence-corrected chi connectivity index (χ3v) is 4.32. The van der Waals surface area contributed by atoms with Crippen LogP contribution in [-0.2, 0) is 6.18 Å². The standard InChI is InChI=1S/C16H18F3N3/c1-10-2-5-12(6-3-10)22-15-13-8-11(16(17,18)19)4-7-14(13)20-9-21-15/h4,7-10,12H,2-3,5-6H2,1H3,(H,20,21,22)/t10-,12-. The largest absolute Gasteiger partial charge is 0.416 e. The highest BCUT2D eigenvalue weighted by molar-refractivity contribution is 5.89. The number of aromatic nitrogens is 2. The van der Waals surface area contributed by atoms with E-state index in [0.717, 1.165) is 43.7 Å². The molecule has 0 saturated heterocycles. The molecular weight excluding hydrogens is 291 g/mol. The number of hydrogen-bond acceptors (Lipinski definition) is 3. The summed E-state index contributed by atoms with van der Waals surface area (Å²) >= 11 is 0. The zero-order valence-corrected chi connectivity index (χ0v) is 12.3. The van der Waals surface area contributed by atoms with Crippen molar-refractivity contribution in [2.24, 2.45) is 5.92 Å². The summed E-state index contributed by atoms with van der Waals surface area (Å²) in [5, 5.41) is 3.73. The summed E-state index contributed by atoms with van der Waals surface area (Å²) in [4.78, 5) is 8.21. The first-order valence-corrected chi connectivity index (χ1v) is 7.52. The smallest absolute Gasteiger partial charge is 0.367 e. The number of anilines is 1. The molecule has 3 rings (SSSR count). The third-order valence-electron chi connectivity index (χ3n) is 4.32. The summed E-state index contributed by atoms with van der Waals surface area (Å²) in [7, 11) is 0. The Labute approximate surface area is 127 Å². The average molecular weight is 309 g/mol. The van der Waals surface area contributed by atoms with E-state index in [-0.39, 0.29) is 6.04 Å². The minimum atomic E-state index is -4.36. The summed E-state index contributed by atoms with van der Waals surface area (Å²) < 4.78 is 38.7. The lowest BCUT2D eigenvalue weighted by Gasteiger charge is -2.27. The second-order valence-corrected chi connectivity index (χ2v) is 6.05. The lowest BCUT2D eigenvalue weighted by Crippen LogP contribution is -2.25. The number of nitrogens with one attached hydrogen (secondary N) is 1. The molecule has 1 fully saturated rings. The Balaban J connectivity index is 1.91. The molecule has 0 atom stereocenters. The minimum Gasteiger partial charge on any atom is -0.367 e. The Hall–Kier alpha value is -1.85. The number of alkyl halides is 3. The van der Waals surface area contributed by atoms with Crippen LogP contribution in [0.1, 0.15) is 38.2 Å². The van der Waals surface area contributed by atoms with Crippen LogP contribution >= 0.6 is 0 Å². The fourth-order valence-electron chi connectivity index (χ4n) is 2.95. The Kier molecular flexibility index (Phi) is 3.93. The van der Waals surface area contributed by atoms with Gasteiger partial charge in [0.1, 0.15) is 12.1 Å². The van der Waals surface area contributed by atoms with Crippen molar-refractivity contribution in [3.8, 4) is 0 Å². The van der Waals surface area contributed by atoms with Gasteiger partial charge in [0.25, 0.3) is 0 Å². The summed E-state index contributed by atoms with van der Waals surface area (Å²) in [6.07, 6.45) is 1.34. The lowest BCUT2D eigenvalue weighted by atomic mass is 9.87. The van der Waals surface area contributed by atoms with Gasteiger partial charge in [-0.05, 0) is 49.8 Å². The molecule has 6 heteroatoms. The number of fused-ring (bicyclic) bond motifs is 1. The number of hydrogen-bond donors (Lipinski definition) is 1. The zero-order chi connectivity index (χ0) is 15.7. The fraction of sp³-hybridized carbons (Fsp3) is 0.500. The summed E-state index contributed by atoms with van der Waals surface area (Å²) in [6, 6.07) is 3.85. The second-order valence-electron chi connectivity index (χ2n) is 6.05. The molecule has 3 nitrogen and oxygen atoms in total. The van der Waals surface area contributed by atoms with Gasteiger partial charge < -0.3 is 5.32 Å². The van der Waals surface area contributed by atoms with E-state index in [1.54, 1.807) is 0 Å². The monoisotopic (exact) mass is 309 g/mol. The molecular formula is C16H18F3N3. The third kappa shape index (κ3) is 3.15. The van der Waals surface area contributed by atoms with Crippen LogP contribution < -0.4 is 5.32 Å². The van der Waals surface area contributed by atoms with E-state index in [0.29, 0.717) is 16.7 Å². The molecule has 22 heavy (non-hydrogen) atoms. The minimum absolute atomic E-state index is 0.267. The molecule has 0 aliphatic heterocycles. The molecule has 1 aromatic carbocycles. The highest BCUT2D eigenvalue weighted by Gasteiger charge is 2.31. The van der Waals surface area contributed by atoms with Crippen molar-refractivity contribution in [2.75, 3.05) is 5.32 Å². The van der Waals surface area contributed by atoms with Crippen LogP contribution in [0.25, 0.3) is 10.9 Å². The average Bonchev–Trinajstić information content (AvgIpc) is 2.48. The SMILES string of the molecule is C[C@H]1CC[C@H](Nc2ncnc3ccc(C(F)(F)F)cc23)CC1. The van der Waals surface area contributed by atoms with E-state index < -0.39 is 11.7 Å². The van der Waals surface area contributed by atoms with E-state index in [9.17, 15) is 13.2 Å². The molecule has 1 saturated carbocycles. The first-order valence-electron chi connectivity index (χ1n) is 7.52. The molecule has 0 radical (unpaired) electrons. The topological polar surface area (TPSA) is 37.8 Å². The molecule has 1 aliphatic carbocycles. The highest BCUT2D eigenvalue weighted by atomic mass is 19.4. The number of halogens is 3. The Morgan fingerprint density at radius 3 is 2.50 bits per heavy atom. The van der Waals surface area contributed by atoms with Crippen LogP contribution in [0.4, 0.5) is 19.0 Å². The van der Waals surface area contributed by atoms with Crippen LogP contribution in [0.5, 0.6) is 0 Å². The molecule has 0 unspecified atom stereocenters. The number of benzene rings is 1. The van der Waals surface area contributed by atoms with E-state index in [4.69, 9.17) is 0 Å². The van der Waals surface area contributed by atoms with Crippen molar-refractivity contribution in [1.29, 1.82) is 0 Å². The van der Waals surface area contributed by atoms with Gasteiger partial charge in [-0.2, -0.15) is 13.2 Å². The molecule has 0 spiro atoms. The van der Waals surface area contributed by atoms with Crippen LogP contribution in [0.3, 0.4) is 0 Å². The van der Waals surface area contributed by atoms with Crippen LogP contribution in [0.15, 0.2) is 24.5 Å². The van der Waals surface area contributed by atoms with Gasteiger partial charge in [-0.15, -0.1) is 0 Å². The molecule has 0 bridgehead atoms. The summed E-state index contributed by atoms with van der Waals surface area (Å²) in [5.74, 6) is 1.22. The quantitative estimate of drug-likeness (QED) is 0.878. The molecule has 118 valence electrons. The first-order chi connectivity index (χ1) is 10.4. The molecule has 1 aromatic heterocycles. The van der Waals surface area contributed by atoms with Gasteiger partial charge in [0.15, 0.2) is 0 Å². The van der Waals surface area contributed by atoms with Gasteiger partial charge in [-0.3, -0.25) is 0 Å². The molecule has 1 heterocycles. The maximum atomic E-state index is 12.9. The van der Waals surface area contributed by atoms with Crippen LogP contribution in [0.2, 0.25) is 0 Å². The summed E-state index contributed by atoms with van der Waals surface area (Å²) in [6.45, 7) is 2.23. The van der Waals surface area contributed by atoms with Gasteiger partial charge >= 0.3 is 6.18 Å². The van der Waals surface area contributed by atoms with Crippen molar-refractivity contribution < 1.29 is 13.2 Å². The van der Waals surface area contributed by atoms with Gasteiger partial charge in [0.05, 0.1) is 11.1 Å². The van der Waals surface area contributed by atoms with Crippen molar-refractivity contribution in [2.45, 2.75) is 44.8 Å². The van der Waals surface area contributed by atoms with Crippen molar-refractivity contribution in [1.82, 2.24) is 9.97 Å². The van der Waals surface area contributed by atoms with Crippen LogP contribution in [-0.4, -0.2) is 16.0 Å². The summed E-state index contributed by atoms with van der Waals surface area (Å²) in [5.41, 5.74) is -0.148. The van der Waals surface area contributed by atoms with Crippen molar-refractivity contribution >= 4 is 16.7 Å². The molecule has 1 N–H and O–H groups in total. The van der Waals surface area contributed by atoms with E-state index in [2.05, 4.69) is 22.2 Å². The molecule has 2 aromatic rings. The molecule has 0 amide bonds. The first kappa shape index (κ1) is 15.1. The highest BCUT2D eigenvalue weighted by Crippen LogP contribution is 2.33. The predicted molar refractivity (Wildman–Crippen MR) is 79.6 cm³/mol. The Morgan fingerprint density at radius 1 is 1.09 bits per heavy atom. The second kappa shape index (κ2) is 5.74. The van der Waals surface area contributed by atoms with Gasteiger partial charge in [-0.25, -0.2) is 9.97 Å². The van der Waals surface area contributed by atoms with Gasteiger partial charge in [-0.1, -0.05) is 6.92 Å². The number of nitrogens with zero attached hydrogens (tertiary/aromatic N) is 2. The van der Waals surface area contributed by atoms with Gasteiger partial charge in [0.2, 0.25) is 0 Å². The van der Waals surface area contributed by atoms with Gasteiger partial charge in [0, 0.05) is 11.4 Å². The Bertz CT molecular complexity index is 661.